The van der Waals surface area contributed by atoms with Crippen LogP contribution in [0.4, 0.5) is 0 Å². The topological polar surface area (TPSA) is 91.1 Å². The summed E-state index contributed by atoms with van der Waals surface area (Å²) in [5.74, 6) is -0.704. The van der Waals surface area contributed by atoms with Crippen molar-refractivity contribution in [1.82, 2.24) is 5.32 Å². The van der Waals surface area contributed by atoms with Crippen LogP contribution in [0.5, 0.6) is 0 Å². The highest BCUT2D eigenvalue weighted by molar-refractivity contribution is 8.15. The Balaban J connectivity index is 2.53. The predicted molar refractivity (Wildman–Crippen MR) is 76.4 cm³/mol. The number of nitrogens with one attached hydrogen (secondary N) is 1. The van der Waals surface area contributed by atoms with Crippen molar-refractivity contribution in [1.29, 1.82) is 0 Å². The van der Waals surface area contributed by atoms with E-state index in [1.807, 2.05) is 6.92 Å². The highest BCUT2D eigenvalue weighted by atomic mass is 32.2. The lowest BCUT2D eigenvalue weighted by atomic mass is 10.1. The number of carbonyl (C=O) groups is 2. The molecule has 0 unspecified atom stereocenters. The van der Waals surface area contributed by atoms with Crippen LogP contribution in [0.15, 0.2) is 10.2 Å². The summed E-state index contributed by atoms with van der Waals surface area (Å²) in [6, 6.07) is 0. The molecule has 0 spiro atoms. The molecule has 1 rings (SSSR count). The van der Waals surface area contributed by atoms with Gasteiger partial charge in [0, 0.05) is 5.71 Å². The smallest absolute Gasteiger partial charge is 0.305 e. The second-order valence-electron chi connectivity index (χ2n) is 4.87. The molecule has 0 aromatic carbocycles. The third kappa shape index (κ3) is 5.87. The number of carbonyl (C=O) groups excluding carboxylic acids is 1. The summed E-state index contributed by atoms with van der Waals surface area (Å²) < 4.78 is 0. The van der Waals surface area contributed by atoms with Crippen LogP contribution in [0.1, 0.15) is 40.0 Å². The van der Waals surface area contributed by atoms with Gasteiger partial charge in [-0.25, -0.2) is 0 Å². The molecule has 2 N–H and O–H groups in total. The molecule has 0 aromatic rings. The number of rotatable bonds is 6. The van der Waals surface area contributed by atoms with E-state index in [1.54, 1.807) is 0 Å². The summed E-state index contributed by atoms with van der Waals surface area (Å²) in [7, 11) is 0. The van der Waals surface area contributed by atoms with E-state index in [2.05, 4.69) is 29.4 Å². The van der Waals surface area contributed by atoms with Gasteiger partial charge in [-0.15, -0.1) is 5.10 Å². The lowest BCUT2D eigenvalue weighted by Crippen LogP contribution is -2.26. The Hall–Kier alpha value is -1.37. The number of hydrogen-bond acceptors (Lipinski definition) is 5. The van der Waals surface area contributed by atoms with Gasteiger partial charge in [0.05, 0.1) is 6.42 Å². The third-order valence-electron chi connectivity index (χ3n) is 2.53. The van der Waals surface area contributed by atoms with E-state index in [-0.39, 0.29) is 12.3 Å². The number of thioether (sulfide) groups is 1. The molecule has 19 heavy (non-hydrogen) atoms. The SMILES string of the molecule is C/C(CCC(C)C)=N/N=C1/NC(=O)[C@@H](CC(=O)O)S1. The molecule has 0 aromatic heterocycles. The summed E-state index contributed by atoms with van der Waals surface area (Å²) >= 11 is 1.11. The van der Waals surface area contributed by atoms with Crippen molar-refractivity contribution >= 4 is 34.5 Å². The summed E-state index contributed by atoms with van der Waals surface area (Å²) in [6.45, 7) is 6.17. The van der Waals surface area contributed by atoms with Crippen molar-refractivity contribution in [2.45, 2.75) is 45.3 Å². The molecule has 0 aliphatic carbocycles. The normalized spacial score (nSPS) is 22.1. The van der Waals surface area contributed by atoms with Gasteiger partial charge in [0.15, 0.2) is 5.17 Å². The van der Waals surface area contributed by atoms with Gasteiger partial charge in [0.1, 0.15) is 5.25 Å². The number of carboxylic acids is 1. The Morgan fingerprint density at radius 3 is 2.79 bits per heavy atom. The van der Waals surface area contributed by atoms with Crippen LogP contribution in [-0.4, -0.2) is 33.1 Å². The monoisotopic (exact) mass is 285 g/mol. The van der Waals surface area contributed by atoms with Gasteiger partial charge < -0.3 is 10.4 Å². The van der Waals surface area contributed by atoms with Crippen LogP contribution in [0.2, 0.25) is 0 Å². The molecular formula is C12H19N3O3S. The maximum atomic E-state index is 11.5. The molecular weight excluding hydrogens is 266 g/mol. The van der Waals surface area contributed by atoms with Gasteiger partial charge in [-0.05, 0) is 25.7 Å². The van der Waals surface area contributed by atoms with Crippen molar-refractivity contribution in [3.05, 3.63) is 0 Å². The van der Waals surface area contributed by atoms with Crippen LogP contribution in [0.3, 0.4) is 0 Å². The first-order valence-electron chi connectivity index (χ1n) is 6.19. The minimum absolute atomic E-state index is 0.203. The lowest BCUT2D eigenvalue weighted by molar-refractivity contribution is -0.138. The molecule has 0 bridgehead atoms. The first-order chi connectivity index (χ1) is 8.88. The molecule has 1 amide bonds. The quantitative estimate of drug-likeness (QED) is 0.575. The third-order valence-corrected chi connectivity index (χ3v) is 3.60. The van der Waals surface area contributed by atoms with Gasteiger partial charge in [-0.3, -0.25) is 9.59 Å². The van der Waals surface area contributed by atoms with E-state index >= 15 is 0 Å². The molecule has 1 atom stereocenters. The molecule has 1 heterocycles. The Morgan fingerprint density at radius 2 is 2.21 bits per heavy atom. The van der Waals surface area contributed by atoms with Crippen LogP contribution >= 0.6 is 11.8 Å². The van der Waals surface area contributed by atoms with Crippen molar-refractivity contribution in [3.63, 3.8) is 0 Å². The Kier molecular flexibility index (Phi) is 6.01. The average Bonchev–Trinajstić information content (AvgIpc) is 2.64. The molecule has 6 nitrogen and oxygen atoms in total. The number of amides is 1. The van der Waals surface area contributed by atoms with Crippen LogP contribution in [0, 0.1) is 5.92 Å². The first-order valence-corrected chi connectivity index (χ1v) is 7.07. The summed E-state index contributed by atoms with van der Waals surface area (Å²) in [4.78, 5) is 22.0. The highest BCUT2D eigenvalue weighted by Gasteiger charge is 2.32. The zero-order valence-corrected chi connectivity index (χ0v) is 12.2. The van der Waals surface area contributed by atoms with Crippen molar-refractivity contribution in [2.24, 2.45) is 16.1 Å². The Morgan fingerprint density at radius 1 is 1.53 bits per heavy atom. The number of carboxylic acid groups (broad SMARTS) is 1. The molecule has 1 fully saturated rings. The fourth-order valence-corrected chi connectivity index (χ4v) is 2.33. The first kappa shape index (κ1) is 15.7. The van der Waals surface area contributed by atoms with Crippen LogP contribution in [-0.2, 0) is 9.59 Å². The highest BCUT2D eigenvalue weighted by Crippen LogP contribution is 2.22. The van der Waals surface area contributed by atoms with Gasteiger partial charge in [0.25, 0.3) is 0 Å². The molecule has 7 heteroatoms. The minimum Gasteiger partial charge on any atom is -0.481 e. The molecule has 0 saturated carbocycles. The average molecular weight is 285 g/mol. The number of hydrogen-bond donors (Lipinski definition) is 2. The van der Waals surface area contributed by atoms with Crippen molar-refractivity contribution in [2.75, 3.05) is 0 Å². The standard InChI is InChI=1S/C12H19N3O3S/c1-7(2)4-5-8(3)14-15-12-13-11(18)9(19-12)6-10(16)17/h7,9H,4-6H2,1-3H3,(H,16,17)(H,13,15,18)/b14-8-/t9-/m1/s1. The second kappa shape index (κ2) is 7.28. The maximum Gasteiger partial charge on any atom is 0.305 e. The van der Waals surface area contributed by atoms with E-state index in [1.165, 1.54) is 0 Å². The van der Waals surface area contributed by atoms with E-state index in [4.69, 9.17) is 5.11 Å². The van der Waals surface area contributed by atoms with Crippen molar-refractivity contribution in [3.8, 4) is 0 Å². The molecule has 1 aliphatic rings. The zero-order valence-electron chi connectivity index (χ0n) is 11.3. The van der Waals surface area contributed by atoms with E-state index in [0.29, 0.717) is 11.1 Å². The summed E-state index contributed by atoms with van der Waals surface area (Å²) in [6.07, 6.45) is 1.71. The fourth-order valence-electron chi connectivity index (χ4n) is 1.42. The predicted octanol–water partition coefficient (Wildman–Crippen LogP) is 1.86. The Labute approximate surface area is 116 Å². The second-order valence-corrected chi connectivity index (χ2v) is 6.06. The lowest BCUT2D eigenvalue weighted by Gasteiger charge is -2.02. The van der Waals surface area contributed by atoms with Gasteiger partial charge in [-0.1, -0.05) is 25.6 Å². The molecule has 0 radical (unpaired) electrons. The number of aliphatic carboxylic acids is 1. The fraction of sp³-hybridized carbons (Fsp3) is 0.667. The molecule has 1 aliphatic heterocycles. The largest absolute Gasteiger partial charge is 0.481 e. The van der Waals surface area contributed by atoms with Gasteiger partial charge in [0.2, 0.25) is 5.91 Å². The van der Waals surface area contributed by atoms with Gasteiger partial charge >= 0.3 is 5.97 Å². The maximum absolute atomic E-state index is 11.5. The summed E-state index contributed by atoms with van der Waals surface area (Å²) in [5, 5.41) is 19.0. The Bertz CT molecular complexity index is 418. The number of amidine groups is 1. The van der Waals surface area contributed by atoms with E-state index in [9.17, 15) is 9.59 Å². The zero-order chi connectivity index (χ0) is 14.4. The van der Waals surface area contributed by atoms with E-state index in [0.717, 1.165) is 30.3 Å². The van der Waals surface area contributed by atoms with E-state index < -0.39 is 11.2 Å². The molecule has 106 valence electrons. The van der Waals surface area contributed by atoms with Crippen LogP contribution in [0.25, 0.3) is 0 Å². The van der Waals surface area contributed by atoms with Crippen LogP contribution < -0.4 is 5.32 Å². The van der Waals surface area contributed by atoms with Crippen molar-refractivity contribution < 1.29 is 14.7 Å². The van der Waals surface area contributed by atoms with Gasteiger partial charge in [-0.2, -0.15) is 5.10 Å². The molecule has 1 saturated heterocycles. The summed E-state index contributed by atoms with van der Waals surface area (Å²) in [5.41, 5.74) is 0.901. The minimum atomic E-state index is -0.995. The number of nitrogens with zero attached hydrogens (tertiary/aromatic N) is 2.